The van der Waals surface area contributed by atoms with Gasteiger partial charge in [0.2, 0.25) is 5.91 Å². The van der Waals surface area contributed by atoms with E-state index in [1.54, 1.807) is 6.07 Å². The molecule has 0 spiro atoms. The van der Waals surface area contributed by atoms with Crippen molar-refractivity contribution in [3.05, 3.63) is 53.2 Å². The van der Waals surface area contributed by atoms with Crippen LogP contribution in [0.1, 0.15) is 68.2 Å². The van der Waals surface area contributed by atoms with Crippen molar-refractivity contribution in [2.75, 3.05) is 5.32 Å². The minimum absolute atomic E-state index is 0.0412. The number of ketones is 1. The lowest BCUT2D eigenvalue weighted by molar-refractivity contribution is -0.129. The fourth-order valence-electron chi connectivity index (χ4n) is 6.83. The standard InChI is InChI=1S/C26H31N3O2/c1-16-7-11-23(29-28-16)27-24(31)12-9-18-15-22(30)26(2)14-13-20-19-6-4-3-5-17(19)8-10-21(20)25(18)26/h3-7,11,18,20-21,25H,8-10,12-15H2,1-2H3,(H,27,29,31)/t18-,20?,21?,25?,26-/m1/s1. The molecular weight excluding hydrogens is 386 g/mol. The highest BCUT2D eigenvalue weighted by molar-refractivity contribution is 5.90. The Balaban J connectivity index is 1.31. The Morgan fingerprint density at radius 1 is 1.16 bits per heavy atom. The lowest BCUT2D eigenvalue weighted by atomic mass is 9.54. The number of rotatable bonds is 4. The molecule has 1 N–H and O–H groups in total. The maximum Gasteiger partial charge on any atom is 0.225 e. The fraction of sp³-hybridized carbons (Fsp3) is 0.538. The number of carbonyl (C=O) groups is 2. The van der Waals surface area contributed by atoms with Crippen LogP contribution < -0.4 is 5.32 Å². The highest BCUT2D eigenvalue weighted by atomic mass is 16.1. The lowest BCUT2D eigenvalue weighted by Gasteiger charge is -2.50. The zero-order valence-corrected chi connectivity index (χ0v) is 18.4. The number of aryl methyl sites for hydroxylation is 2. The third-order valence-corrected chi connectivity index (χ3v) is 8.29. The summed E-state index contributed by atoms with van der Waals surface area (Å²) in [7, 11) is 0. The number of hydrogen-bond acceptors (Lipinski definition) is 4. The molecular formula is C26H31N3O2. The number of amides is 1. The normalized spacial score (nSPS) is 31.5. The van der Waals surface area contributed by atoms with E-state index in [9.17, 15) is 9.59 Å². The maximum absolute atomic E-state index is 13.1. The first-order valence-electron chi connectivity index (χ1n) is 11.7. The molecule has 0 aliphatic heterocycles. The number of hydrogen-bond donors (Lipinski definition) is 1. The fourth-order valence-corrected chi connectivity index (χ4v) is 6.83. The van der Waals surface area contributed by atoms with E-state index in [1.807, 2.05) is 13.0 Å². The number of Topliss-reactive ketones (excluding diaryl/α,β-unsaturated/α-hetero) is 1. The Kier molecular flexibility index (Phi) is 5.15. The summed E-state index contributed by atoms with van der Waals surface area (Å²) in [5.41, 5.74) is 3.61. The van der Waals surface area contributed by atoms with Crippen molar-refractivity contribution < 1.29 is 9.59 Å². The summed E-state index contributed by atoms with van der Waals surface area (Å²) in [6, 6.07) is 12.5. The Morgan fingerprint density at radius 2 is 2.00 bits per heavy atom. The highest BCUT2D eigenvalue weighted by Gasteiger charge is 2.58. The number of carbonyl (C=O) groups excluding carboxylic acids is 2. The summed E-state index contributed by atoms with van der Waals surface area (Å²) in [4.78, 5) is 25.7. The van der Waals surface area contributed by atoms with Crippen LogP contribution in [0.5, 0.6) is 0 Å². The molecule has 1 aromatic carbocycles. The van der Waals surface area contributed by atoms with Gasteiger partial charge in [-0.25, -0.2) is 0 Å². The van der Waals surface area contributed by atoms with Gasteiger partial charge < -0.3 is 5.32 Å². The lowest BCUT2D eigenvalue weighted by Crippen LogP contribution is -2.44. The van der Waals surface area contributed by atoms with Crippen LogP contribution in [-0.2, 0) is 16.0 Å². The van der Waals surface area contributed by atoms with Crippen molar-refractivity contribution in [2.45, 2.75) is 64.7 Å². The van der Waals surface area contributed by atoms with Gasteiger partial charge in [-0.1, -0.05) is 31.2 Å². The summed E-state index contributed by atoms with van der Waals surface area (Å²) in [6.07, 6.45) is 6.18. The molecule has 2 saturated carbocycles. The van der Waals surface area contributed by atoms with Gasteiger partial charge in [0, 0.05) is 18.3 Å². The number of benzene rings is 1. The molecule has 1 heterocycles. The van der Waals surface area contributed by atoms with E-state index in [1.165, 1.54) is 11.1 Å². The SMILES string of the molecule is Cc1ccc(NC(=O)CC[C@@H]2CC(=O)[C@@]3(C)CCC4c5ccccc5CCC4C23)nn1. The largest absolute Gasteiger partial charge is 0.309 e. The molecule has 31 heavy (non-hydrogen) atoms. The first-order valence-corrected chi connectivity index (χ1v) is 11.7. The predicted molar refractivity (Wildman–Crippen MR) is 120 cm³/mol. The van der Waals surface area contributed by atoms with E-state index in [-0.39, 0.29) is 11.3 Å². The third-order valence-electron chi connectivity index (χ3n) is 8.29. The molecule has 3 unspecified atom stereocenters. The molecule has 3 aliphatic rings. The maximum atomic E-state index is 13.1. The minimum Gasteiger partial charge on any atom is -0.309 e. The molecule has 1 aromatic heterocycles. The van der Waals surface area contributed by atoms with Gasteiger partial charge in [-0.05, 0) is 86.0 Å². The van der Waals surface area contributed by atoms with E-state index in [0.717, 1.165) is 37.8 Å². The molecule has 2 aromatic rings. The summed E-state index contributed by atoms with van der Waals surface area (Å²) in [5.74, 6) is 2.67. The van der Waals surface area contributed by atoms with Crippen LogP contribution in [0.15, 0.2) is 36.4 Å². The van der Waals surface area contributed by atoms with Gasteiger partial charge >= 0.3 is 0 Å². The van der Waals surface area contributed by atoms with Crippen molar-refractivity contribution >= 4 is 17.5 Å². The van der Waals surface area contributed by atoms with E-state index in [2.05, 4.69) is 46.7 Å². The third kappa shape index (κ3) is 3.58. The van der Waals surface area contributed by atoms with E-state index in [0.29, 0.717) is 48.1 Å². The second-order valence-corrected chi connectivity index (χ2v) is 10.0. The monoisotopic (exact) mass is 417 g/mol. The van der Waals surface area contributed by atoms with Gasteiger partial charge in [-0.15, -0.1) is 5.10 Å². The molecule has 5 rings (SSSR count). The average Bonchev–Trinajstić information content (AvgIpc) is 3.04. The minimum atomic E-state index is -0.211. The first-order chi connectivity index (χ1) is 15.0. The number of nitrogens with zero attached hydrogens (tertiary/aromatic N) is 2. The van der Waals surface area contributed by atoms with Crippen molar-refractivity contribution in [3.63, 3.8) is 0 Å². The Hall–Kier alpha value is -2.56. The second-order valence-electron chi connectivity index (χ2n) is 10.0. The van der Waals surface area contributed by atoms with Crippen LogP contribution in [0.2, 0.25) is 0 Å². The number of fused-ring (bicyclic) bond motifs is 5. The zero-order valence-electron chi connectivity index (χ0n) is 18.4. The van der Waals surface area contributed by atoms with Crippen LogP contribution in [-0.4, -0.2) is 21.9 Å². The number of nitrogens with one attached hydrogen (secondary N) is 1. The van der Waals surface area contributed by atoms with Crippen LogP contribution >= 0.6 is 0 Å². The number of anilines is 1. The van der Waals surface area contributed by atoms with E-state index < -0.39 is 0 Å². The van der Waals surface area contributed by atoms with Gasteiger partial charge in [0.15, 0.2) is 5.82 Å². The Bertz CT molecular complexity index is 1000. The van der Waals surface area contributed by atoms with Crippen molar-refractivity contribution in [1.82, 2.24) is 10.2 Å². The van der Waals surface area contributed by atoms with E-state index in [4.69, 9.17) is 0 Å². The summed E-state index contributed by atoms with van der Waals surface area (Å²) >= 11 is 0. The number of aromatic nitrogens is 2. The second kappa shape index (κ2) is 7.85. The van der Waals surface area contributed by atoms with Crippen LogP contribution in [0.4, 0.5) is 5.82 Å². The Morgan fingerprint density at radius 3 is 2.81 bits per heavy atom. The van der Waals surface area contributed by atoms with Crippen LogP contribution in [0, 0.1) is 30.1 Å². The topological polar surface area (TPSA) is 72.0 Å². The molecule has 5 atom stereocenters. The molecule has 5 nitrogen and oxygen atoms in total. The average molecular weight is 418 g/mol. The molecule has 1 amide bonds. The smallest absolute Gasteiger partial charge is 0.225 e. The first kappa shape index (κ1) is 20.3. The summed E-state index contributed by atoms with van der Waals surface area (Å²) < 4.78 is 0. The van der Waals surface area contributed by atoms with Gasteiger partial charge in [0.05, 0.1) is 5.69 Å². The van der Waals surface area contributed by atoms with Crippen molar-refractivity contribution in [3.8, 4) is 0 Å². The molecule has 3 aliphatic carbocycles. The molecule has 0 radical (unpaired) electrons. The van der Waals surface area contributed by atoms with Crippen LogP contribution in [0.25, 0.3) is 0 Å². The molecule has 2 fully saturated rings. The summed E-state index contributed by atoms with van der Waals surface area (Å²) in [6.45, 7) is 4.08. The van der Waals surface area contributed by atoms with Crippen molar-refractivity contribution in [2.24, 2.45) is 23.2 Å². The predicted octanol–water partition coefficient (Wildman–Crippen LogP) is 4.86. The van der Waals surface area contributed by atoms with E-state index >= 15 is 0 Å². The molecule has 5 heteroatoms. The Labute approximate surface area is 184 Å². The summed E-state index contributed by atoms with van der Waals surface area (Å²) in [5, 5.41) is 10.9. The van der Waals surface area contributed by atoms with Gasteiger partial charge in [0.1, 0.15) is 5.78 Å². The molecule has 0 saturated heterocycles. The van der Waals surface area contributed by atoms with Gasteiger partial charge in [0.25, 0.3) is 0 Å². The highest BCUT2D eigenvalue weighted by Crippen LogP contribution is 2.62. The van der Waals surface area contributed by atoms with Crippen LogP contribution in [0.3, 0.4) is 0 Å². The van der Waals surface area contributed by atoms with Gasteiger partial charge in [-0.3, -0.25) is 9.59 Å². The van der Waals surface area contributed by atoms with Gasteiger partial charge in [-0.2, -0.15) is 5.10 Å². The quantitative estimate of drug-likeness (QED) is 0.771. The molecule has 0 bridgehead atoms. The zero-order chi connectivity index (χ0) is 21.6. The molecule has 162 valence electrons. The van der Waals surface area contributed by atoms with Crippen molar-refractivity contribution in [1.29, 1.82) is 0 Å².